The van der Waals surface area contributed by atoms with Gasteiger partial charge in [-0.2, -0.15) is 29.2 Å². The van der Waals surface area contributed by atoms with E-state index >= 15 is 0 Å². The second kappa shape index (κ2) is 10.8. The Morgan fingerprint density at radius 2 is 1.84 bits per heavy atom. The van der Waals surface area contributed by atoms with Crippen molar-refractivity contribution in [2.45, 2.75) is 37.1 Å². The van der Waals surface area contributed by atoms with Crippen LogP contribution in [0, 0.1) is 0 Å². The van der Waals surface area contributed by atoms with Crippen molar-refractivity contribution >= 4 is 44.6 Å². The fourth-order valence-electron chi connectivity index (χ4n) is 4.72. The van der Waals surface area contributed by atoms with E-state index in [0.29, 0.717) is 36.2 Å². The minimum Gasteiger partial charge on any atom is -0.376 e. The zero-order valence-electron chi connectivity index (χ0n) is 20.6. The predicted octanol–water partition coefficient (Wildman–Crippen LogP) is 2.18. The maximum absolute atomic E-state index is 13.5. The minimum atomic E-state index is -4.86. The number of thiocarbonyl (C=S) groups is 1. The van der Waals surface area contributed by atoms with Crippen LogP contribution in [0.25, 0.3) is 0 Å². The van der Waals surface area contributed by atoms with E-state index in [4.69, 9.17) is 12.2 Å². The van der Waals surface area contributed by atoms with Crippen molar-refractivity contribution < 1.29 is 36.9 Å². The van der Waals surface area contributed by atoms with Crippen LogP contribution in [0.3, 0.4) is 0 Å². The number of piperazine rings is 1. The van der Waals surface area contributed by atoms with Crippen molar-refractivity contribution in [3.8, 4) is 0 Å². The van der Waals surface area contributed by atoms with Gasteiger partial charge in [0.25, 0.3) is 0 Å². The van der Waals surface area contributed by atoms with Crippen LogP contribution < -0.4 is 4.90 Å². The van der Waals surface area contributed by atoms with Crippen molar-refractivity contribution in [3.05, 3.63) is 53.0 Å². The van der Waals surface area contributed by atoms with Gasteiger partial charge in [-0.1, -0.05) is 36.5 Å². The minimum absolute atomic E-state index is 0.00768. The van der Waals surface area contributed by atoms with Crippen molar-refractivity contribution in [2.75, 3.05) is 49.1 Å². The lowest BCUT2D eigenvalue weighted by Crippen LogP contribution is -2.63. The molecule has 14 heteroatoms. The number of aliphatic hydroxyl groups is 3. The molecule has 0 radical (unpaired) electrons. The number of nitrogens with zero attached hydrogens (tertiary/aromatic N) is 3. The average Bonchev–Trinajstić information content (AvgIpc) is 2.85. The highest BCUT2D eigenvalue weighted by Gasteiger charge is 2.51. The predicted molar refractivity (Wildman–Crippen MR) is 144 cm³/mol. The first kappa shape index (κ1) is 29.5. The second-order valence-electron chi connectivity index (χ2n) is 9.69. The zero-order valence-corrected chi connectivity index (χ0v) is 23.1. The van der Waals surface area contributed by atoms with Gasteiger partial charge in [-0.25, -0.2) is 13.3 Å². The molecule has 1 aromatic carbocycles. The van der Waals surface area contributed by atoms with Crippen molar-refractivity contribution in [3.63, 3.8) is 0 Å². The van der Waals surface area contributed by atoms with Crippen LogP contribution in [-0.2, 0) is 15.6 Å². The van der Waals surface area contributed by atoms with Crippen LogP contribution in [-0.4, -0.2) is 100 Å². The summed E-state index contributed by atoms with van der Waals surface area (Å²) in [5.74, 6) is -1.36. The number of halogens is 3. The van der Waals surface area contributed by atoms with Crippen molar-refractivity contribution in [1.82, 2.24) is 9.21 Å². The third-order valence-corrected chi connectivity index (χ3v) is 10.6. The summed E-state index contributed by atoms with van der Waals surface area (Å²) in [5.41, 5.74) is -2.83. The standard InChI is InChI=1S/C24H30F3N3O5S3/c1-22(31,24(25,26)27)17-6-8-18(9-7-17)30-11-10-29(38(34,35)21-5-3-2-4-20(21)36)15-19(30)14-28-12-13-37-16-23(28,32)33/h2-3,5-9,19,31-33H,4,10-16H2,1H3/t19-,22?/m0/s1. The molecule has 0 aromatic heterocycles. The normalized spacial score (nSPS) is 25.2. The van der Waals surface area contributed by atoms with Crippen LogP contribution in [0.1, 0.15) is 18.9 Å². The summed E-state index contributed by atoms with van der Waals surface area (Å²) in [6, 6.07) is 4.74. The van der Waals surface area contributed by atoms with E-state index in [1.54, 1.807) is 12.2 Å². The summed E-state index contributed by atoms with van der Waals surface area (Å²) in [6.07, 6.45) is 0.380. The van der Waals surface area contributed by atoms with E-state index < -0.39 is 33.8 Å². The van der Waals surface area contributed by atoms with E-state index in [1.165, 1.54) is 51.3 Å². The number of hydrogen-bond acceptors (Lipinski definition) is 9. The average molecular weight is 594 g/mol. The van der Waals surface area contributed by atoms with E-state index in [0.717, 1.165) is 0 Å². The summed E-state index contributed by atoms with van der Waals surface area (Å²) in [7, 11) is -3.92. The molecule has 1 aliphatic carbocycles. The van der Waals surface area contributed by atoms with Crippen LogP contribution >= 0.6 is 24.0 Å². The first-order chi connectivity index (χ1) is 17.6. The smallest absolute Gasteiger partial charge is 0.376 e. The molecule has 2 saturated heterocycles. The van der Waals surface area contributed by atoms with Gasteiger partial charge in [0.1, 0.15) is 0 Å². The molecular formula is C24H30F3N3O5S3. The highest BCUT2D eigenvalue weighted by Crippen LogP contribution is 2.39. The lowest BCUT2D eigenvalue weighted by molar-refractivity contribution is -0.258. The Kier molecular flexibility index (Phi) is 8.38. The molecule has 4 rings (SSSR count). The Morgan fingerprint density at radius 3 is 2.45 bits per heavy atom. The SMILES string of the molecule is CC(O)(c1ccc(N2CCN(S(=O)(=O)C3=CC=CCC3=S)C[C@@H]2CN2CCSCC2(O)O)cc1)C(F)(F)F. The topological polar surface area (TPSA) is 105 Å². The van der Waals surface area contributed by atoms with Crippen LogP contribution in [0.5, 0.6) is 0 Å². The molecule has 3 N–H and O–H groups in total. The molecule has 2 heterocycles. The summed E-state index contributed by atoms with van der Waals surface area (Å²) in [6.45, 7) is 1.47. The van der Waals surface area contributed by atoms with Crippen LogP contribution in [0.2, 0.25) is 0 Å². The lowest BCUT2D eigenvalue weighted by Gasteiger charge is -2.47. The fraction of sp³-hybridized carbons (Fsp3) is 0.542. The summed E-state index contributed by atoms with van der Waals surface area (Å²) < 4.78 is 68.2. The van der Waals surface area contributed by atoms with Crippen LogP contribution in [0.4, 0.5) is 18.9 Å². The van der Waals surface area contributed by atoms with Crippen molar-refractivity contribution in [1.29, 1.82) is 0 Å². The largest absolute Gasteiger partial charge is 0.421 e. The summed E-state index contributed by atoms with van der Waals surface area (Å²) in [4.78, 5) is 3.71. The Labute approximate surface area is 229 Å². The first-order valence-electron chi connectivity index (χ1n) is 12.0. The lowest BCUT2D eigenvalue weighted by atomic mass is 9.95. The Hall–Kier alpha value is -1.52. The number of thioether (sulfide) groups is 1. The molecule has 3 aliphatic rings. The quantitative estimate of drug-likeness (QED) is 0.338. The third kappa shape index (κ3) is 5.82. The van der Waals surface area contributed by atoms with Gasteiger partial charge >= 0.3 is 6.18 Å². The first-order valence-corrected chi connectivity index (χ1v) is 15.0. The van der Waals surface area contributed by atoms with E-state index in [1.807, 2.05) is 4.90 Å². The van der Waals surface area contributed by atoms with E-state index in [9.17, 15) is 36.9 Å². The van der Waals surface area contributed by atoms with Gasteiger partial charge < -0.3 is 20.2 Å². The van der Waals surface area contributed by atoms with E-state index in [2.05, 4.69) is 0 Å². The third-order valence-electron chi connectivity index (χ3n) is 7.08. The fourth-order valence-corrected chi connectivity index (χ4v) is 7.74. The van der Waals surface area contributed by atoms with Gasteiger partial charge in [0.15, 0.2) is 5.60 Å². The molecule has 0 spiro atoms. The highest BCUT2D eigenvalue weighted by atomic mass is 32.2. The number of sulfonamides is 1. The number of hydrogen-bond donors (Lipinski definition) is 3. The van der Waals surface area contributed by atoms with Gasteiger partial charge in [-0.3, -0.25) is 0 Å². The van der Waals surface area contributed by atoms with Gasteiger partial charge in [0.2, 0.25) is 15.9 Å². The molecular weight excluding hydrogens is 563 g/mol. The summed E-state index contributed by atoms with van der Waals surface area (Å²) >= 11 is 6.68. The molecule has 2 fully saturated rings. The monoisotopic (exact) mass is 593 g/mol. The Morgan fingerprint density at radius 1 is 1.16 bits per heavy atom. The van der Waals surface area contributed by atoms with Gasteiger partial charge in [0, 0.05) is 55.4 Å². The molecule has 210 valence electrons. The van der Waals surface area contributed by atoms with E-state index in [-0.39, 0.29) is 42.4 Å². The molecule has 0 saturated carbocycles. The van der Waals surface area contributed by atoms with Crippen molar-refractivity contribution in [2.24, 2.45) is 0 Å². The molecule has 1 unspecified atom stereocenters. The molecule has 1 aromatic rings. The molecule has 8 nitrogen and oxygen atoms in total. The molecule has 0 bridgehead atoms. The highest BCUT2D eigenvalue weighted by molar-refractivity contribution is 7.99. The van der Waals surface area contributed by atoms with Gasteiger partial charge in [-0.15, -0.1) is 0 Å². The zero-order chi connectivity index (χ0) is 27.9. The molecule has 38 heavy (non-hydrogen) atoms. The Bertz CT molecular complexity index is 1220. The number of alkyl halides is 3. The maximum atomic E-state index is 13.5. The second-order valence-corrected chi connectivity index (χ2v) is 13.2. The number of benzene rings is 1. The molecule has 2 atom stereocenters. The number of anilines is 1. The molecule has 2 aliphatic heterocycles. The Balaban J connectivity index is 1.63. The van der Waals surface area contributed by atoms with Crippen LogP contribution in [0.15, 0.2) is 47.4 Å². The summed E-state index contributed by atoms with van der Waals surface area (Å²) in [5, 5.41) is 31.1. The van der Waals surface area contributed by atoms with Gasteiger partial charge in [-0.05, 0) is 30.7 Å². The maximum Gasteiger partial charge on any atom is 0.421 e. The van der Waals surface area contributed by atoms with Gasteiger partial charge in [0.05, 0.1) is 16.7 Å². The number of allylic oxidation sites excluding steroid dienone is 4. The number of rotatable bonds is 6. The molecule has 0 amide bonds.